The van der Waals surface area contributed by atoms with Crippen LogP contribution in [-0.4, -0.2) is 0 Å². The van der Waals surface area contributed by atoms with Crippen molar-refractivity contribution in [1.82, 2.24) is 0 Å². The van der Waals surface area contributed by atoms with Gasteiger partial charge in [0.15, 0.2) is 0 Å². The van der Waals surface area contributed by atoms with E-state index in [4.69, 9.17) is 0 Å². The second-order valence-electron chi connectivity index (χ2n) is 3.79. The second-order valence-corrected chi connectivity index (χ2v) is 3.79. The van der Waals surface area contributed by atoms with E-state index in [1.54, 1.807) is 0 Å². The Kier molecular flexibility index (Phi) is 7.38. The summed E-state index contributed by atoms with van der Waals surface area (Å²) < 4.78 is 0. The van der Waals surface area contributed by atoms with Crippen molar-refractivity contribution in [2.24, 2.45) is 5.92 Å². The molecule has 0 aromatic heterocycles. The van der Waals surface area contributed by atoms with Gasteiger partial charge in [0.05, 0.1) is 0 Å². The minimum atomic E-state index is 0. The third-order valence-electron chi connectivity index (χ3n) is 1.49. The molecule has 1 rings (SSSR count). The van der Waals surface area contributed by atoms with Crippen LogP contribution in [0.3, 0.4) is 0 Å². The van der Waals surface area contributed by atoms with Crippen LogP contribution < -0.4 is 0 Å². The molecule has 0 bridgehead atoms. The van der Waals surface area contributed by atoms with E-state index in [0.29, 0.717) is 0 Å². The van der Waals surface area contributed by atoms with E-state index in [-0.39, 0.29) is 1.43 Å². The Balaban J connectivity index is 0. The molecule has 13 heavy (non-hydrogen) atoms. The highest BCUT2D eigenvalue weighted by Crippen LogP contribution is 2.05. The first-order chi connectivity index (χ1) is 6.20. The molecule has 0 heteroatoms. The molecule has 0 radical (unpaired) electrons. The minimum absolute atomic E-state index is 0. The van der Waals surface area contributed by atoms with Crippen LogP contribution in [0.25, 0.3) is 0 Å². The average Bonchev–Trinajstić information content (AvgIpc) is 2.06. The van der Waals surface area contributed by atoms with Crippen molar-refractivity contribution < 1.29 is 1.43 Å². The Morgan fingerprint density at radius 1 is 1.08 bits per heavy atom. The molecule has 0 saturated heterocycles. The highest BCUT2D eigenvalue weighted by molar-refractivity contribution is 5.14. The standard InChI is InChI=1S/C10H14.C3H8.H2/c1-9(2)8-10-6-4-3-5-7-10;1-3-2;/h3-7,9H,8H2,1-2H3;3H2,1-2H3;1H. The molecular weight excluding hydrogens is 156 g/mol. The smallest absolute Gasteiger partial charge is 0 e. The van der Waals surface area contributed by atoms with Crippen LogP contribution in [0.15, 0.2) is 30.3 Å². The van der Waals surface area contributed by atoms with E-state index in [1.807, 2.05) is 0 Å². The second kappa shape index (κ2) is 7.85. The summed E-state index contributed by atoms with van der Waals surface area (Å²) in [6.07, 6.45) is 2.45. The van der Waals surface area contributed by atoms with Crippen LogP contribution in [0.4, 0.5) is 0 Å². The first-order valence-electron chi connectivity index (χ1n) is 5.24. The third-order valence-corrected chi connectivity index (χ3v) is 1.49. The van der Waals surface area contributed by atoms with Gasteiger partial charge in [0.2, 0.25) is 0 Å². The average molecular weight is 180 g/mol. The zero-order valence-electron chi connectivity index (χ0n) is 9.38. The van der Waals surface area contributed by atoms with Crippen molar-refractivity contribution in [2.45, 2.75) is 40.5 Å². The van der Waals surface area contributed by atoms with Crippen LogP contribution in [0.1, 0.15) is 41.1 Å². The summed E-state index contributed by atoms with van der Waals surface area (Å²) in [5.74, 6) is 0.766. The number of benzene rings is 1. The topological polar surface area (TPSA) is 0 Å². The molecule has 1 aromatic carbocycles. The van der Waals surface area contributed by atoms with Gasteiger partial charge in [0.1, 0.15) is 0 Å². The first-order valence-corrected chi connectivity index (χ1v) is 5.24. The lowest BCUT2D eigenvalue weighted by Crippen LogP contribution is -1.92. The van der Waals surface area contributed by atoms with Gasteiger partial charge in [-0.25, -0.2) is 0 Å². The fourth-order valence-electron chi connectivity index (χ4n) is 1.09. The van der Waals surface area contributed by atoms with Gasteiger partial charge in [-0.15, -0.1) is 0 Å². The summed E-state index contributed by atoms with van der Waals surface area (Å²) in [5.41, 5.74) is 1.44. The van der Waals surface area contributed by atoms with Crippen molar-refractivity contribution in [3.05, 3.63) is 35.9 Å². The number of hydrogen-bond acceptors (Lipinski definition) is 0. The molecule has 0 nitrogen and oxygen atoms in total. The monoisotopic (exact) mass is 180 g/mol. The third kappa shape index (κ3) is 7.58. The van der Waals surface area contributed by atoms with E-state index < -0.39 is 0 Å². The van der Waals surface area contributed by atoms with E-state index >= 15 is 0 Å². The summed E-state index contributed by atoms with van der Waals surface area (Å²) in [6, 6.07) is 10.6. The lowest BCUT2D eigenvalue weighted by Gasteiger charge is -2.02. The van der Waals surface area contributed by atoms with Crippen LogP contribution >= 0.6 is 0 Å². The molecule has 0 saturated carbocycles. The largest absolute Gasteiger partial charge is 0.0656 e. The highest BCUT2D eigenvalue weighted by atomic mass is 14.0. The van der Waals surface area contributed by atoms with Gasteiger partial charge in [-0.05, 0) is 17.9 Å². The summed E-state index contributed by atoms with van der Waals surface area (Å²) in [7, 11) is 0. The molecule has 1 aromatic rings. The highest BCUT2D eigenvalue weighted by Gasteiger charge is 1.94. The Bertz CT molecular complexity index is 192. The molecule has 0 N–H and O–H groups in total. The van der Waals surface area contributed by atoms with Crippen molar-refractivity contribution in [1.29, 1.82) is 0 Å². The maximum Gasteiger partial charge on any atom is 0 e. The van der Waals surface area contributed by atoms with E-state index in [1.165, 1.54) is 18.4 Å². The Labute approximate surface area is 84.5 Å². The predicted octanol–water partition coefficient (Wildman–Crippen LogP) is 4.55. The van der Waals surface area contributed by atoms with Crippen LogP contribution in [0.2, 0.25) is 0 Å². The summed E-state index contributed by atoms with van der Waals surface area (Å²) in [4.78, 5) is 0. The van der Waals surface area contributed by atoms with E-state index in [0.717, 1.165) is 5.92 Å². The van der Waals surface area contributed by atoms with Crippen molar-refractivity contribution in [3.8, 4) is 0 Å². The van der Waals surface area contributed by atoms with Crippen molar-refractivity contribution >= 4 is 0 Å². The molecule has 0 spiro atoms. The molecule has 76 valence electrons. The van der Waals surface area contributed by atoms with Gasteiger partial charge < -0.3 is 0 Å². The maximum absolute atomic E-state index is 2.24. The van der Waals surface area contributed by atoms with Crippen LogP contribution in [0.5, 0.6) is 0 Å². The molecule has 0 aliphatic heterocycles. The van der Waals surface area contributed by atoms with Crippen LogP contribution in [0, 0.1) is 5.92 Å². The predicted molar refractivity (Wildman–Crippen MR) is 63.1 cm³/mol. The molecule has 0 unspecified atom stereocenters. The maximum atomic E-state index is 2.24. The number of rotatable bonds is 2. The lowest BCUT2D eigenvalue weighted by atomic mass is 10.0. The normalized spacial score (nSPS) is 9.31. The van der Waals surface area contributed by atoms with Crippen molar-refractivity contribution in [2.75, 3.05) is 0 Å². The van der Waals surface area contributed by atoms with Gasteiger partial charge in [0, 0.05) is 1.43 Å². The number of hydrogen-bond donors (Lipinski definition) is 0. The Morgan fingerprint density at radius 2 is 1.54 bits per heavy atom. The van der Waals surface area contributed by atoms with E-state index in [2.05, 4.69) is 58.0 Å². The fourth-order valence-corrected chi connectivity index (χ4v) is 1.09. The van der Waals surface area contributed by atoms with Gasteiger partial charge in [-0.3, -0.25) is 0 Å². The molecule has 0 aliphatic carbocycles. The lowest BCUT2D eigenvalue weighted by molar-refractivity contribution is 0.647. The van der Waals surface area contributed by atoms with E-state index in [9.17, 15) is 0 Å². The van der Waals surface area contributed by atoms with Gasteiger partial charge >= 0.3 is 0 Å². The molecule has 0 fully saturated rings. The summed E-state index contributed by atoms with van der Waals surface area (Å²) >= 11 is 0. The zero-order valence-corrected chi connectivity index (χ0v) is 9.38. The molecule has 0 amide bonds. The Morgan fingerprint density at radius 3 is 1.92 bits per heavy atom. The molecule has 0 heterocycles. The molecule has 0 aliphatic rings. The molecular formula is C13H24. The van der Waals surface area contributed by atoms with Gasteiger partial charge in [-0.2, -0.15) is 0 Å². The van der Waals surface area contributed by atoms with Gasteiger partial charge in [0.25, 0.3) is 0 Å². The zero-order chi connectivity index (χ0) is 10.1. The summed E-state index contributed by atoms with van der Waals surface area (Å²) in [6.45, 7) is 8.74. The quantitative estimate of drug-likeness (QED) is 0.626. The first kappa shape index (κ1) is 12.2. The molecule has 0 atom stereocenters. The van der Waals surface area contributed by atoms with Crippen LogP contribution in [-0.2, 0) is 6.42 Å². The summed E-state index contributed by atoms with van der Waals surface area (Å²) in [5, 5.41) is 0. The Hall–Kier alpha value is -0.780. The minimum Gasteiger partial charge on any atom is -0.0656 e. The SMILES string of the molecule is CC(C)Cc1ccccc1.CCC.[HH]. The van der Waals surface area contributed by atoms with Gasteiger partial charge in [-0.1, -0.05) is 64.4 Å². The fraction of sp³-hybridized carbons (Fsp3) is 0.538. The van der Waals surface area contributed by atoms with Crippen molar-refractivity contribution in [3.63, 3.8) is 0 Å².